The zero-order chi connectivity index (χ0) is 16.4. The van der Waals surface area contributed by atoms with E-state index >= 15 is 0 Å². The number of H-pyrrole nitrogens is 1. The van der Waals surface area contributed by atoms with Gasteiger partial charge in [-0.2, -0.15) is 5.10 Å². The van der Waals surface area contributed by atoms with Crippen molar-refractivity contribution in [2.75, 3.05) is 31.2 Å². The smallest absolute Gasteiger partial charge is 0.150 e. The molecule has 3 rings (SSSR count). The van der Waals surface area contributed by atoms with E-state index in [0.29, 0.717) is 0 Å². The van der Waals surface area contributed by atoms with Gasteiger partial charge >= 0.3 is 0 Å². The molecule has 4 heteroatoms. The van der Waals surface area contributed by atoms with Gasteiger partial charge < -0.3 is 9.64 Å². The van der Waals surface area contributed by atoms with Crippen molar-refractivity contribution in [3.8, 4) is 0 Å². The van der Waals surface area contributed by atoms with Crippen LogP contribution in [0.1, 0.15) is 43.2 Å². The molecular formula is C19H27N3O. The second-order valence-corrected chi connectivity index (χ2v) is 7.42. The van der Waals surface area contributed by atoms with Crippen LogP contribution >= 0.6 is 0 Å². The van der Waals surface area contributed by atoms with Crippen LogP contribution in [0.5, 0.6) is 0 Å². The van der Waals surface area contributed by atoms with Crippen molar-refractivity contribution in [2.45, 2.75) is 39.5 Å². The lowest BCUT2D eigenvalue weighted by Gasteiger charge is -2.26. The van der Waals surface area contributed by atoms with Crippen molar-refractivity contribution >= 4 is 5.82 Å². The van der Waals surface area contributed by atoms with Gasteiger partial charge in [0, 0.05) is 31.3 Å². The van der Waals surface area contributed by atoms with Gasteiger partial charge in [-0.15, -0.1) is 0 Å². The van der Waals surface area contributed by atoms with Crippen molar-refractivity contribution in [2.24, 2.45) is 0 Å². The third kappa shape index (κ3) is 3.75. The molecule has 0 radical (unpaired) electrons. The van der Waals surface area contributed by atoms with Gasteiger partial charge in [0.2, 0.25) is 0 Å². The summed E-state index contributed by atoms with van der Waals surface area (Å²) in [5, 5.41) is 7.66. The molecule has 1 saturated heterocycles. The molecular weight excluding hydrogens is 286 g/mol. The number of anilines is 1. The molecule has 0 saturated carbocycles. The van der Waals surface area contributed by atoms with Crippen LogP contribution in [0.3, 0.4) is 0 Å². The van der Waals surface area contributed by atoms with E-state index in [-0.39, 0.29) is 5.41 Å². The normalized spacial score (nSPS) is 15.9. The summed E-state index contributed by atoms with van der Waals surface area (Å²) < 4.78 is 5.40. The summed E-state index contributed by atoms with van der Waals surface area (Å²) >= 11 is 0. The Kier molecular flexibility index (Phi) is 4.44. The van der Waals surface area contributed by atoms with Gasteiger partial charge in [0.1, 0.15) is 0 Å². The van der Waals surface area contributed by atoms with Gasteiger partial charge in [0.25, 0.3) is 0 Å². The third-order valence-corrected chi connectivity index (χ3v) is 4.54. The Morgan fingerprint density at radius 3 is 2.57 bits per heavy atom. The molecule has 0 unspecified atom stereocenters. The van der Waals surface area contributed by atoms with Gasteiger partial charge in [-0.3, -0.25) is 5.10 Å². The van der Waals surface area contributed by atoms with Crippen LogP contribution in [-0.2, 0) is 16.6 Å². The van der Waals surface area contributed by atoms with Crippen molar-refractivity contribution in [1.29, 1.82) is 0 Å². The van der Waals surface area contributed by atoms with Crippen LogP contribution in [0.15, 0.2) is 24.3 Å². The number of aryl methyl sites for hydroxylation is 1. The zero-order valence-electron chi connectivity index (χ0n) is 14.6. The summed E-state index contributed by atoms with van der Waals surface area (Å²) in [5.41, 5.74) is 5.45. The molecule has 1 N–H and O–H groups in total. The number of aromatic amines is 1. The van der Waals surface area contributed by atoms with E-state index < -0.39 is 0 Å². The second-order valence-electron chi connectivity index (χ2n) is 7.42. The number of morpholine rings is 1. The van der Waals surface area contributed by atoms with Crippen LogP contribution in [0, 0.1) is 6.92 Å². The van der Waals surface area contributed by atoms with Crippen LogP contribution in [0.2, 0.25) is 0 Å². The van der Waals surface area contributed by atoms with Crippen molar-refractivity contribution < 1.29 is 4.74 Å². The van der Waals surface area contributed by atoms with Crippen LogP contribution in [-0.4, -0.2) is 36.5 Å². The summed E-state index contributed by atoms with van der Waals surface area (Å²) in [6.07, 6.45) is 0.896. The van der Waals surface area contributed by atoms with Gasteiger partial charge in [0.15, 0.2) is 5.82 Å². The number of benzene rings is 1. The van der Waals surface area contributed by atoms with Crippen LogP contribution in [0.4, 0.5) is 5.82 Å². The first-order chi connectivity index (χ1) is 10.9. The Labute approximate surface area is 138 Å². The number of nitrogens with zero attached hydrogens (tertiary/aromatic N) is 2. The van der Waals surface area contributed by atoms with E-state index in [2.05, 4.69) is 67.1 Å². The molecule has 1 aliphatic rings. The van der Waals surface area contributed by atoms with E-state index in [0.717, 1.165) is 44.2 Å². The van der Waals surface area contributed by atoms with E-state index in [4.69, 9.17) is 4.74 Å². The number of rotatable bonds is 3. The molecule has 0 bridgehead atoms. The van der Waals surface area contributed by atoms with E-state index in [1.807, 2.05) is 0 Å². The number of aromatic nitrogens is 2. The first-order valence-corrected chi connectivity index (χ1v) is 8.40. The minimum atomic E-state index is 0.195. The van der Waals surface area contributed by atoms with Crippen LogP contribution < -0.4 is 4.90 Å². The average molecular weight is 313 g/mol. The molecule has 1 aromatic heterocycles. The Bertz CT molecular complexity index is 663. The SMILES string of the molecule is Cc1cc(C(C)(C)C)ccc1Cc1cc(N2CCOCC2)n[nH]1. The lowest BCUT2D eigenvalue weighted by Crippen LogP contribution is -2.36. The number of nitrogens with one attached hydrogen (secondary N) is 1. The lowest BCUT2D eigenvalue weighted by atomic mass is 9.85. The van der Waals surface area contributed by atoms with Crippen molar-refractivity contribution in [1.82, 2.24) is 10.2 Å². The predicted octanol–water partition coefficient (Wildman–Crippen LogP) is 3.44. The second kappa shape index (κ2) is 6.36. The summed E-state index contributed by atoms with van der Waals surface area (Å²) in [5.74, 6) is 1.03. The zero-order valence-corrected chi connectivity index (χ0v) is 14.6. The maximum Gasteiger partial charge on any atom is 0.150 e. The maximum absolute atomic E-state index is 5.40. The fourth-order valence-electron chi connectivity index (χ4n) is 2.96. The topological polar surface area (TPSA) is 41.1 Å². The highest BCUT2D eigenvalue weighted by Crippen LogP contribution is 2.25. The molecule has 1 aliphatic heterocycles. The predicted molar refractivity (Wildman–Crippen MR) is 94.3 cm³/mol. The average Bonchev–Trinajstić information content (AvgIpc) is 2.98. The number of hydrogen-bond acceptors (Lipinski definition) is 3. The molecule has 0 spiro atoms. The van der Waals surface area contributed by atoms with Gasteiger partial charge in [0.05, 0.1) is 13.2 Å². The third-order valence-electron chi connectivity index (χ3n) is 4.54. The van der Waals surface area contributed by atoms with Gasteiger partial charge in [-0.1, -0.05) is 39.0 Å². The molecule has 1 aromatic carbocycles. The fraction of sp³-hybridized carbons (Fsp3) is 0.526. The standard InChI is InChI=1S/C19H27N3O/c1-14-11-16(19(2,3)4)6-5-15(14)12-17-13-18(21-20-17)22-7-9-23-10-8-22/h5-6,11,13H,7-10,12H2,1-4H3,(H,20,21). The first kappa shape index (κ1) is 16.1. The highest BCUT2D eigenvalue weighted by Gasteiger charge is 2.16. The van der Waals surface area contributed by atoms with Crippen molar-refractivity contribution in [3.05, 3.63) is 46.6 Å². The van der Waals surface area contributed by atoms with Crippen LogP contribution in [0.25, 0.3) is 0 Å². The summed E-state index contributed by atoms with van der Waals surface area (Å²) in [4.78, 5) is 2.28. The van der Waals surface area contributed by atoms with Crippen molar-refractivity contribution in [3.63, 3.8) is 0 Å². The lowest BCUT2D eigenvalue weighted by molar-refractivity contribution is 0.122. The largest absolute Gasteiger partial charge is 0.378 e. The van der Waals surface area contributed by atoms with Gasteiger partial charge in [-0.05, 0) is 29.0 Å². The molecule has 4 nitrogen and oxygen atoms in total. The Morgan fingerprint density at radius 2 is 1.91 bits per heavy atom. The Balaban J connectivity index is 1.73. The quantitative estimate of drug-likeness (QED) is 0.943. The Morgan fingerprint density at radius 1 is 1.17 bits per heavy atom. The number of hydrogen-bond donors (Lipinski definition) is 1. The highest BCUT2D eigenvalue weighted by molar-refractivity contribution is 5.42. The fourth-order valence-corrected chi connectivity index (χ4v) is 2.96. The maximum atomic E-state index is 5.40. The number of ether oxygens (including phenoxy) is 1. The summed E-state index contributed by atoms with van der Waals surface area (Å²) in [6.45, 7) is 12.4. The molecule has 0 aliphatic carbocycles. The molecule has 0 amide bonds. The minimum Gasteiger partial charge on any atom is -0.378 e. The summed E-state index contributed by atoms with van der Waals surface area (Å²) in [6, 6.07) is 8.99. The molecule has 2 aromatic rings. The molecule has 1 fully saturated rings. The first-order valence-electron chi connectivity index (χ1n) is 8.40. The van der Waals surface area contributed by atoms with E-state index in [1.54, 1.807) is 0 Å². The molecule has 0 atom stereocenters. The monoisotopic (exact) mass is 313 g/mol. The van der Waals surface area contributed by atoms with Gasteiger partial charge in [-0.25, -0.2) is 0 Å². The van der Waals surface area contributed by atoms with E-state index in [1.165, 1.54) is 16.7 Å². The van der Waals surface area contributed by atoms with E-state index in [9.17, 15) is 0 Å². The highest BCUT2D eigenvalue weighted by atomic mass is 16.5. The molecule has 23 heavy (non-hydrogen) atoms. The molecule has 2 heterocycles. The summed E-state index contributed by atoms with van der Waals surface area (Å²) in [7, 11) is 0. The molecule has 124 valence electrons. The Hall–Kier alpha value is -1.81. The minimum absolute atomic E-state index is 0.195.